The molecule has 2 amide bonds. The van der Waals surface area contributed by atoms with E-state index in [1.54, 1.807) is 41.3 Å². The molecular weight excluding hydrogens is 347 g/mol. The molecule has 1 aliphatic heterocycles. The third kappa shape index (κ3) is 4.78. The van der Waals surface area contributed by atoms with Crippen molar-refractivity contribution in [1.82, 2.24) is 10.2 Å². The highest BCUT2D eigenvalue weighted by Crippen LogP contribution is 2.14. The number of Topliss-reactive ketones (excluding diaryl/α,β-unsaturated/α-hetero) is 1. The van der Waals surface area contributed by atoms with Crippen molar-refractivity contribution in [1.29, 1.82) is 0 Å². The second-order valence-electron chi connectivity index (χ2n) is 6.72. The summed E-state index contributed by atoms with van der Waals surface area (Å²) in [5.74, 6) is -0.604. The van der Waals surface area contributed by atoms with E-state index in [0.29, 0.717) is 30.6 Å². The van der Waals surface area contributed by atoms with Crippen LogP contribution in [0.25, 0.3) is 0 Å². The Labute approximate surface area is 157 Å². The third-order valence-electron chi connectivity index (χ3n) is 4.69. The van der Waals surface area contributed by atoms with Gasteiger partial charge in [-0.15, -0.1) is 0 Å². The Hall–Kier alpha value is -3.02. The van der Waals surface area contributed by atoms with Crippen molar-refractivity contribution in [2.24, 2.45) is 0 Å². The molecule has 0 bridgehead atoms. The number of amides is 2. The lowest BCUT2D eigenvalue weighted by Gasteiger charge is -2.17. The topological polar surface area (TPSA) is 66.5 Å². The Bertz CT molecular complexity index is 847. The van der Waals surface area contributed by atoms with Crippen LogP contribution in [0.1, 0.15) is 39.6 Å². The number of ketones is 1. The van der Waals surface area contributed by atoms with Crippen molar-refractivity contribution in [2.45, 2.75) is 25.8 Å². The number of likely N-dealkylation sites (tertiary alicyclic amines) is 1. The molecule has 1 fully saturated rings. The number of carbonyl (C=O) groups is 3. The highest BCUT2D eigenvalue weighted by atomic mass is 19.1. The Morgan fingerprint density at radius 1 is 1.07 bits per heavy atom. The zero-order valence-corrected chi connectivity index (χ0v) is 15.1. The molecule has 0 saturated carbocycles. The average molecular weight is 368 g/mol. The van der Waals surface area contributed by atoms with Crippen molar-refractivity contribution in [3.8, 4) is 0 Å². The van der Waals surface area contributed by atoms with Gasteiger partial charge in [0.25, 0.3) is 5.91 Å². The van der Waals surface area contributed by atoms with E-state index in [4.69, 9.17) is 0 Å². The molecule has 140 valence electrons. The van der Waals surface area contributed by atoms with Gasteiger partial charge in [0.2, 0.25) is 5.91 Å². The summed E-state index contributed by atoms with van der Waals surface area (Å²) in [6.45, 7) is 2.46. The highest BCUT2D eigenvalue weighted by molar-refractivity contribution is 5.98. The van der Waals surface area contributed by atoms with E-state index in [0.717, 1.165) is 5.56 Å². The molecule has 3 rings (SSSR count). The minimum atomic E-state index is -0.282. The van der Waals surface area contributed by atoms with E-state index < -0.39 is 0 Å². The number of carbonyl (C=O) groups excluding carboxylic acids is 3. The fraction of sp³-hybridized carbons (Fsp3) is 0.286. The molecule has 2 aromatic rings. The van der Waals surface area contributed by atoms with Crippen molar-refractivity contribution in [3.05, 3.63) is 71.0 Å². The van der Waals surface area contributed by atoms with E-state index in [1.807, 2.05) is 0 Å². The lowest BCUT2D eigenvalue weighted by atomic mass is 10.1. The standard InChI is InChI=1S/C21H21FN2O3/c1-14(25)16-4-6-17(7-5-16)21(27)23-19-12-20(26)24(13-19)11-10-15-2-8-18(22)9-3-15/h2-9,19H,10-13H2,1H3,(H,23,27)/t19-/m1/s1. The van der Waals surface area contributed by atoms with Crippen LogP contribution in [0.15, 0.2) is 48.5 Å². The van der Waals surface area contributed by atoms with Gasteiger partial charge in [0.05, 0.1) is 6.04 Å². The fourth-order valence-corrected chi connectivity index (χ4v) is 3.13. The maximum atomic E-state index is 12.9. The quantitative estimate of drug-likeness (QED) is 0.797. The Balaban J connectivity index is 1.53. The molecule has 1 aliphatic rings. The first-order chi connectivity index (χ1) is 12.9. The lowest BCUT2D eigenvalue weighted by molar-refractivity contribution is -0.127. The van der Waals surface area contributed by atoms with Gasteiger partial charge in [-0.2, -0.15) is 0 Å². The molecule has 6 heteroatoms. The van der Waals surface area contributed by atoms with Crippen LogP contribution >= 0.6 is 0 Å². The van der Waals surface area contributed by atoms with Gasteiger partial charge in [0.15, 0.2) is 5.78 Å². The smallest absolute Gasteiger partial charge is 0.251 e. The molecule has 0 unspecified atom stereocenters. The summed E-state index contributed by atoms with van der Waals surface area (Å²) in [4.78, 5) is 37.5. The van der Waals surface area contributed by atoms with Crippen LogP contribution in [0.5, 0.6) is 0 Å². The summed E-state index contributed by atoms with van der Waals surface area (Å²) in [5, 5.41) is 2.87. The van der Waals surface area contributed by atoms with Gasteiger partial charge in [-0.05, 0) is 43.2 Å². The molecule has 0 radical (unpaired) electrons. The van der Waals surface area contributed by atoms with Gasteiger partial charge >= 0.3 is 0 Å². The molecule has 0 aromatic heterocycles. The van der Waals surface area contributed by atoms with Crippen LogP contribution in [0.3, 0.4) is 0 Å². The first kappa shape index (κ1) is 18.8. The predicted molar refractivity (Wildman–Crippen MR) is 99.0 cm³/mol. The van der Waals surface area contributed by atoms with Crippen LogP contribution in [0, 0.1) is 5.82 Å². The van der Waals surface area contributed by atoms with E-state index in [2.05, 4.69) is 5.32 Å². The molecule has 1 saturated heterocycles. The first-order valence-corrected chi connectivity index (χ1v) is 8.86. The van der Waals surface area contributed by atoms with E-state index in [9.17, 15) is 18.8 Å². The van der Waals surface area contributed by atoms with Crippen LogP contribution in [-0.2, 0) is 11.2 Å². The average Bonchev–Trinajstić information content (AvgIpc) is 3.00. The summed E-state index contributed by atoms with van der Waals surface area (Å²) in [6.07, 6.45) is 0.903. The highest BCUT2D eigenvalue weighted by Gasteiger charge is 2.30. The van der Waals surface area contributed by atoms with E-state index >= 15 is 0 Å². The van der Waals surface area contributed by atoms with Gasteiger partial charge in [0.1, 0.15) is 5.82 Å². The van der Waals surface area contributed by atoms with Gasteiger partial charge < -0.3 is 10.2 Å². The summed E-state index contributed by atoms with van der Waals surface area (Å²) in [6, 6.07) is 12.4. The molecule has 1 heterocycles. The summed E-state index contributed by atoms with van der Waals surface area (Å²) >= 11 is 0. The van der Waals surface area contributed by atoms with Crippen molar-refractivity contribution in [3.63, 3.8) is 0 Å². The van der Waals surface area contributed by atoms with Crippen molar-refractivity contribution < 1.29 is 18.8 Å². The third-order valence-corrected chi connectivity index (χ3v) is 4.69. The van der Waals surface area contributed by atoms with Crippen LogP contribution in [0.2, 0.25) is 0 Å². The number of nitrogens with one attached hydrogen (secondary N) is 1. The Morgan fingerprint density at radius 3 is 2.33 bits per heavy atom. The van der Waals surface area contributed by atoms with E-state index in [1.165, 1.54) is 19.1 Å². The largest absolute Gasteiger partial charge is 0.347 e. The van der Waals surface area contributed by atoms with Gasteiger partial charge in [-0.25, -0.2) is 4.39 Å². The number of hydrogen-bond acceptors (Lipinski definition) is 3. The van der Waals surface area contributed by atoms with Crippen LogP contribution in [0.4, 0.5) is 4.39 Å². The maximum absolute atomic E-state index is 12.9. The van der Waals surface area contributed by atoms with Gasteiger partial charge in [0, 0.05) is 30.6 Å². The van der Waals surface area contributed by atoms with Crippen molar-refractivity contribution in [2.75, 3.05) is 13.1 Å². The monoisotopic (exact) mass is 368 g/mol. The van der Waals surface area contributed by atoms with E-state index in [-0.39, 0.29) is 35.9 Å². The Morgan fingerprint density at radius 2 is 1.70 bits per heavy atom. The summed E-state index contributed by atoms with van der Waals surface area (Å²) < 4.78 is 12.9. The zero-order chi connectivity index (χ0) is 19.4. The second-order valence-corrected chi connectivity index (χ2v) is 6.72. The van der Waals surface area contributed by atoms with Crippen LogP contribution < -0.4 is 5.32 Å². The molecule has 1 atom stereocenters. The maximum Gasteiger partial charge on any atom is 0.251 e. The Kier molecular flexibility index (Phi) is 5.64. The number of nitrogens with zero attached hydrogens (tertiary/aromatic N) is 1. The minimum Gasteiger partial charge on any atom is -0.347 e. The molecular formula is C21H21FN2O3. The van der Waals surface area contributed by atoms with Gasteiger partial charge in [-0.3, -0.25) is 14.4 Å². The zero-order valence-electron chi connectivity index (χ0n) is 15.1. The van der Waals surface area contributed by atoms with Gasteiger partial charge in [-0.1, -0.05) is 24.3 Å². The second kappa shape index (κ2) is 8.12. The molecule has 0 spiro atoms. The fourth-order valence-electron chi connectivity index (χ4n) is 3.13. The summed E-state index contributed by atoms with van der Waals surface area (Å²) in [7, 11) is 0. The van der Waals surface area contributed by atoms with Crippen molar-refractivity contribution >= 4 is 17.6 Å². The number of hydrogen-bond donors (Lipinski definition) is 1. The molecule has 27 heavy (non-hydrogen) atoms. The number of halogens is 1. The first-order valence-electron chi connectivity index (χ1n) is 8.86. The predicted octanol–water partition coefficient (Wildman–Crippen LogP) is 2.60. The normalized spacial score (nSPS) is 16.4. The molecule has 1 N–H and O–H groups in total. The lowest BCUT2D eigenvalue weighted by Crippen LogP contribution is -2.37. The van der Waals surface area contributed by atoms with Crippen LogP contribution in [-0.4, -0.2) is 41.6 Å². The number of rotatable bonds is 6. The molecule has 5 nitrogen and oxygen atoms in total. The molecule has 2 aromatic carbocycles. The summed E-state index contributed by atoms with van der Waals surface area (Å²) in [5.41, 5.74) is 1.97. The minimum absolute atomic E-state index is 0.00524. The molecule has 0 aliphatic carbocycles. The SMILES string of the molecule is CC(=O)c1ccc(C(=O)N[C@@H]2CC(=O)N(CCc3ccc(F)cc3)C2)cc1. The number of benzene rings is 2.